The molecule has 0 saturated heterocycles. The molecule has 0 aliphatic carbocycles. The minimum absolute atomic E-state index is 0.143. The molecule has 2 aromatic rings. The zero-order chi connectivity index (χ0) is 12.3. The molecule has 17 heavy (non-hydrogen) atoms. The van der Waals surface area contributed by atoms with E-state index < -0.39 is 11.1 Å². The van der Waals surface area contributed by atoms with Gasteiger partial charge in [0.25, 0.3) is 0 Å². The van der Waals surface area contributed by atoms with Crippen LogP contribution in [0.4, 0.5) is 4.39 Å². The lowest BCUT2D eigenvalue weighted by molar-refractivity contribution is 0.478. The first kappa shape index (κ1) is 11.8. The number of hydrogen-bond donors (Lipinski definition) is 0. The Morgan fingerprint density at radius 1 is 1.06 bits per heavy atom. The molecule has 0 bridgehead atoms. The van der Waals surface area contributed by atoms with Gasteiger partial charge in [0.2, 0.25) is 0 Å². The Labute approximate surface area is 100 Å². The van der Waals surface area contributed by atoms with E-state index >= 15 is 0 Å². The van der Waals surface area contributed by atoms with Gasteiger partial charge in [-0.2, -0.15) is 0 Å². The Balaban J connectivity index is 2.21. The molecule has 0 aromatic heterocycles. The fourth-order valence-electron chi connectivity index (χ4n) is 1.28. The summed E-state index contributed by atoms with van der Waals surface area (Å²) < 4.78 is 39.5. The average molecular weight is 251 g/mol. The molecule has 0 saturated carbocycles. The van der Waals surface area contributed by atoms with Crippen molar-refractivity contribution >= 4 is 11.1 Å². The summed E-state index contributed by atoms with van der Waals surface area (Å²) in [5, 5.41) is 0. The SMILES string of the molecule is O=S([O-])c1cccc(Oc2ccc(F)cc2)c1. The lowest BCUT2D eigenvalue weighted by Gasteiger charge is -2.09. The minimum atomic E-state index is -2.29. The van der Waals surface area contributed by atoms with Gasteiger partial charge < -0.3 is 9.29 Å². The first-order valence-electron chi connectivity index (χ1n) is 4.78. The van der Waals surface area contributed by atoms with Crippen LogP contribution in [0, 0.1) is 5.82 Å². The molecule has 0 heterocycles. The van der Waals surface area contributed by atoms with E-state index in [1.165, 1.54) is 36.4 Å². The van der Waals surface area contributed by atoms with E-state index in [0.29, 0.717) is 11.5 Å². The first-order chi connectivity index (χ1) is 8.15. The molecule has 0 fully saturated rings. The Morgan fingerprint density at radius 2 is 1.76 bits per heavy atom. The quantitative estimate of drug-likeness (QED) is 0.788. The van der Waals surface area contributed by atoms with Crippen LogP contribution in [-0.4, -0.2) is 8.76 Å². The third-order valence-corrected chi connectivity index (χ3v) is 2.69. The summed E-state index contributed by atoms with van der Waals surface area (Å²) in [7, 11) is 0. The van der Waals surface area contributed by atoms with Gasteiger partial charge in [0.1, 0.15) is 17.3 Å². The van der Waals surface area contributed by atoms with Crippen molar-refractivity contribution < 1.29 is 17.9 Å². The van der Waals surface area contributed by atoms with Crippen molar-refractivity contribution in [1.82, 2.24) is 0 Å². The van der Waals surface area contributed by atoms with E-state index in [1.54, 1.807) is 12.1 Å². The van der Waals surface area contributed by atoms with Crippen molar-refractivity contribution in [2.45, 2.75) is 4.90 Å². The topological polar surface area (TPSA) is 49.4 Å². The van der Waals surface area contributed by atoms with Gasteiger partial charge in [-0.1, -0.05) is 6.07 Å². The van der Waals surface area contributed by atoms with Gasteiger partial charge in [0, 0.05) is 4.90 Å². The fraction of sp³-hybridized carbons (Fsp3) is 0. The summed E-state index contributed by atoms with van der Waals surface area (Å²) in [6, 6.07) is 11.5. The predicted octanol–water partition coefficient (Wildman–Crippen LogP) is 2.86. The molecule has 2 aromatic carbocycles. The van der Waals surface area contributed by atoms with Crippen LogP contribution in [0.3, 0.4) is 0 Å². The molecule has 0 N–H and O–H groups in total. The molecule has 3 nitrogen and oxygen atoms in total. The van der Waals surface area contributed by atoms with E-state index in [1.807, 2.05) is 0 Å². The Morgan fingerprint density at radius 3 is 2.41 bits per heavy atom. The van der Waals surface area contributed by atoms with Crippen LogP contribution in [0.15, 0.2) is 53.4 Å². The number of benzene rings is 2. The summed E-state index contributed by atoms with van der Waals surface area (Å²) in [4.78, 5) is 0.143. The predicted molar refractivity (Wildman–Crippen MR) is 60.1 cm³/mol. The van der Waals surface area contributed by atoms with E-state index in [9.17, 15) is 13.2 Å². The monoisotopic (exact) mass is 251 g/mol. The highest BCUT2D eigenvalue weighted by Gasteiger charge is 1.99. The lowest BCUT2D eigenvalue weighted by Crippen LogP contribution is -1.90. The van der Waals surface area contributed by atoms with Crippen LogP contribution in [0.25, 0.3) is 0 Å². The molecular formula is C12H8FO3S-. The Hall–Kier alpha value is -1.72. The van der Waals surface area contributed by atoms with Gasteiger partial charge in [-0.05, 0) is 53.5 Å². The maximum Gasteiger partial charge on any atom is 0.128 e. The molecule has 0 aliphatic heterocycles. The number of hydrogen-bond acceptors (Lipinski definition) is 3. The summed E-state index contributed by atoms with van der Waals surface area (Å²) in [6.45, 7) is 0. The molecule has 2 rings (SSSR count). The largest absolute Gasteiger partial charge is 0.768 e. The smallest absolute Gasteiger partial charge is 0.128 e. The van der Waals surface area contributed by atoms with Crippen LogP contribution in [0.2, 0.25) is 0 Å². The number of rotatable bonds is 3. The molecule has 0 radical (unpaired) electrons. The van der Waals surface area contributed by atoms with E-state index in [2.05, 4.69) is 0 Å². The van der Waals surface area contributed by atoms with Crippen molar-refractivity contribution in [2.75, 3.05) is 0 Å². The van der Waals surface area contributed by atoms with E-state index in [4.69, 9.17) is 4.74 Å². The van der Waals surface area contributed by atoms with Gasteiger partial charge in [-0.15, -0.1) is 0 Å². The third-order valence-electron chi connectivity index (χ3n) is 2.05. The van der Waals surface area contributed by atoms with E-state index in [-0.39, 0.29) is 10.7 Å². The van der Waals surface area contributed by atoms with Crippen LogP contribution in [0.5, 0.6) is 11.5 Å². The van der Waals surface area contributed by atoms with Crippen molar-refractivity contribution in [2.24, 2.45) is 0 Å². The van der Waals surface area contributed by atoms with Crippen molar-refractivity contribution in [3.63, 3.8) is 0 Å². The first-order valence-corrected chi connectivity index (χ1v) is 5.85. The second-order valence-corrected chi connectivity index (χ2v) is 4.21. The van der Waals surface area contributed by atoms with Crippen LogP contribution < -0.4 is 4.74 Å². The molecule has 0 aliphatic rings. The van der Waals surface area contributed by atoms with Gasteiger partial charge in [0.15, 0.2) is 0 Å². The number of ether oxygens (including phenoxy) is 1. The highest BCUT2D eigenvalue weighted by molar-refractivity contribution is 7.79. The average Bonchev–Trinajstić information content (AvgIpc) is 2.32. The minimum Gasteiger partial charge on any atom is -0.768 e. The van der Waals surface area contributed by atoms with Crippen molar-refractivity contribution in [3.05, 3.63) is 54.3 Å². The second-order valence-electron chi connectivity index (χ2n) is 3.27. The maximum atomic E-state index is 12.7. The highest BCUT2D eigenvalue weighted by Crippen LogP contribution is 2.23. The maximum absolute atomic E-state index is 12.7. The molecular weight excluding hydrogens is 243 g/mol. The van der Waals surface area contributed by atoms with Gasteiger partial charge in [-0.25, -0.2) is 4.39 Å². The summed E-state index contributed by atoms with van der Waals surface area (Å²) >= 11 is -2.29. The second kappa shape index (κ2) is 5.07. The van der Waals surface area contributed by atoms with Gasteiger partial charge >= 0.3 is 0 Å². The summed E-state index contributed by atoms with van der Waals surface area (Å²) in [5.74, 6) is 0.477. The highest BCUT2D eigenvalue weighted by atomic mass is 32.2. The molecule has 0 spiro atoms. The molecule has 1 unspecified atom stereocenters. The van der Waals surface area contributed by atoms with Crippen LogP contribution >= 0.6 is 0 Å². The Bertz CT molecular complexity index is 540. The van der Waals surface area contributed by atoms with Gasteiger partial charge in [-0.3, -0.25) is 4.21 Å². The van der Waals surface area contributed by atoms with Crippen molar-refractivity contribution in [1.29, 1.82) is 0 Å². The third kappa shape index (κ3) is 3.12. The van der Waals surface area contributed by atoms with Gasteiger partial charge in [0.05, 0.1) is 0 Å². The van der Waals surface area contributed by atoms with E-state index in [0.717, 1.165) is 0 Å². The Kier molecular flexibility index (Phi) is 3.51. The summed E-state index contributed by atoms with van der Waals surface area (Å²) in [5.41, 5.74) is 0. The summed E-state index contributed by atoms with van der Waals surface area (Å²) in [6.07, 6.45) is 0. The standard InChI is InChI=1S/C12H9FO3S/c13-9-4-6-10(7-5-9)16-11-2-1-3-12(8-11)17(14)15/h1-8H,(H,14,15)/p-1. The molecule has 5 heteroatoms. The molecule has 1 atom stereocenters. The molecule has 88 valence electrons. The normalized spacial score (nSPS) is 12.1. The molecule has 0 amide bonds. The van der Waals surface area contributed by atoms with Crippen molar-refractivity contribution in [3.8, 4) is 11.5 Å². The van der Waals surface area contributed by atoms with Crippen LogP contribution in [-0.2, 0) is 11.1 Å². The fourth-order valence-corrected chi connectivity index (χ4v) is 1.68. The zero-order valence-corrected chi connectivity index (χ0v) is 9.45. The zero-order valence-electron chi connectivity index (χ0n) is 8.63. The van der Waals surface area contributed by atoms with Crippen LogP contribution in [0.1, 0.15) is 0 Å². The lowest BCUT2D eigenvalue weighted by atomic mass is 10.3. The number of halogens is 1.